The molecule has 1 atom stereocenters. The number of piperazine rings is 1. The Hall–Kier alpha value is -3.12. The normalized spacial score (nSPS) is 16.6. The first-order chi connectivity index (χ1) is 14.1. The molecular formula is C22H21ClN4O2. The Morgan fingerprint density at radius 1 is 1.07 bits per heavy atom. The highest BCUT2D eigenvalue weighted by atomic mass is 35.5. The van der Waals surface area contributed by atoms with Gasteiger partial charge >= 0.3 is 0 Å². The molecule has 2 aromatic carbocycles. The number of rotatable bonds is 4. The Balaban J connectivity index is 1.45. The lowest BCUT2D eigenvalue weighted by atomic mass is 10.1. The van der Waals surface area contributed by atoms with Crippen LogP contribution in [0.1, 0.15) is 17.3 Å². The van der Waals surface area contributed by atoms with Gasteiger partial charge in [0.15, 0.2) is 0 Å². The van der Waals surface area contributed by atoms with Crippen LogP contribution in [-0.4, -0.2) is 46.5 Å². The molecule has 0 spiro atoms. The summed E-state index contributed by atoms with van der Waals surface area (Å²) in [5.41, 5.74) is 0.537. The third-order valence-electron chi connectivity index (χ3n) is 4.91. The highest BCUT2D eigenvalue weighted by Gasteiger charge is 2.29. The topological polar surface area (TPSA) is 58.6 Å². The molecule has 0 N–H and O–H groups in total. The number of aromatic nitrogens is 2. The van der Waals surface area contributed by atoms with Crippen LogP contribution in [0.5, 0.6) is 11.6 Å². The maximum atomic E-state index is 12.9. The summed E-state index contributed by atoms with van der Waals surface area (Å²) in [6, 6.07) is 18.5. The van der Waals surface area contributed by atoms with Gasteiger partial charge in [-0.2, -0.15) is 0 Å². The number of anilines is 1. The largest absolute Gasteiger partial charge is 0.439 e. The number of carbonyl (C=O) groups excluding carboxylic acids is 1. The van der Waals surface area contributed by atoms with Gasteiger partial charge in [0.2, 0.25) is 5.88 Å². The summed E-state index contributed by atoms with van der Waals surface area (Å²) in [5.74, 6) is 1.95. The van der Waals surface area contributed by atoms with Crippen molar-refractivity contribution in [1.29, 1.82) is 0 Å². The summed E-state index contributed by atoms with van der Waals surface area (Å²) in [5, 5.41) is 0.477. The SMILES string of the molecule is CC1CN(c2cc(Oc3ccccc3)ncn2)CCN1C(=O)c1ccccc1Cl. The van der Waals surface area contributed by atoms with Crippen molar-refractivity contribution in [2.45, 2.75) is 13.0 Å². The van der Waals surface area contributed by atoms with Crippen molar-refractivity contribution in [3.8, 4) is 11.6 Å². The van der Waals surface area contributed by atoms with E-state index in [1.165, 1.54) is 6.33 Å². The van der Waals surface area contributed by atoms with Crippen molar-refractivity contribution in [2.75, 3.05) is 24.5 Å². The van der Waals surface area contributed by atoms with Crippen LogP contribution < -0.4 is 9.64 Å². The minimum Gasteiger partial charge on any atom is -0.439 e. The van der Waals surface area contributed by atoms with Gasteiger partial charge in [0.25, 0.3) is 5.91 Å². The number of amides is 1. The summed E-state index contributed by atoms with van der Waals surface area (Å²) < 4.78 is 5.81. The van der Waals surface area contributed by atoms with Gasteiger partial charge in [-0.3, -0.25) is 4.79 Å². The molecule has 2 heterocycles. The van der Waals surface area contributed by atoms with E-state index in [0.29, 0.717) is 36.1 Å². The molecule has 4 rings (SSSR count). The summed E-state index contributed by atoms with van der Waals surface area (Å²) in [6.07, 6.45) is 1.50. The van der Waals surface area contributed by atoms with Gasteiger partial charge in [-0.25, -0.2) is 9.97 Å². The van der Waals surface area contributed by atoms with E-state index >= 15 is 0 Å². The van der Waals surface area contributed by atoms with Crippen molar-refractivity contribution >= 4 is 23.3 Å². The molecule has 1 saturated heterocycles. The first-order valence-corrected chi connectivity index (χ1v) is 9.85. The molecule has 3 aromatic rings. The minimum atomic E-state index is -0.0430. The number of halogens is 1. The van der Waals surface area contributed by atoms with Crippen molar-refractivity contribution in [2.24, 2.45) is 0 Å². The van der Waals surface area contributed by atoms with Crippen molar-refractivity contribution in [1.82, 2.24) is 14.9 Å². The summed E-state index contributed by atoms with van der Waals surface area (Å²) in [6.45, 7) is 3.95. The van der Waals surface area contributed by atoms with Gasteiger partial charge in [-0.05, 0) is 31.2 Å². The van der Waals surface area contributed by atoms with Crippen LogP contribution in [0.3, 0.4) is 0 Å². The van der Waals surface area contributed by atoms with Crippen LogP contribution in [0.25, 0.3) is 0 Å². The standard InChI is InChI=1S/C22H21ClN4O2/c1-16-14-26(11-12-27(16)22(28)18-9-5-6-10-19(18)23)20-13-21(25-15-24-20)29-17-7-3-2-4-8-17/h2-10,13,15-16H,11-12,14H2,1H3. The Kier molecular flexibility index (Phi) is 5.62. The van der Waals surface area contributed by atoms with Gasteiger partial charge in [-0.15, -0.1) is 0 Å². The van der Waals surface area contributed by atoms with Crippen LogP contribution in [0, 0.1) is 0 Å². The molecule has 1 fully saturated rings. The van der Waals surface area contributed by atoms with Gasteiger partial charge < -0.3 is 14.5 Å². The molecule has 6 nitrogen and oxygen atoms in total. The highest BCUT2D eigenvalue weighted by Crippen LogP contribution is 2.25. The highest BCUT2D eigenvalue weighted by molar-refractivity contribution is 6.33. The maximum absolute atomic E-state index is 12.9. The number of benzene rings is 2. The molecule has 0 aliphatic carbocycles. The Bertz CT molecular complexity index is 999. The second-order valence-corrected chi connectivity index (χ2v) is 7.31. The zero-order chi connectivity index (χ0) is 20.2. The molecule has 1 amide bonds. The van der Waals surface area contributed by atoms with Crippen molar-refractivity contribution < 1.29 is 9.53 Å². The van der Waals surface area contributed by atoms with E-state index in [-0.39, 0.29) is 11.9 Å². The smallest absolute Gasteiger partial charge is 0.255 e. The van der Waals surface area contributed by atoms with E-state index in [1.54, 1.807) is 12.1 Å². The van der Waals surface area contributed by atoms with Crippen LogP contribution in [-0.2, 0) is 0 Å². The second-order valence-electron chi connectivity index (χ2n) is 6.90. The van der Waals surface area contributed by atoms with Gasteiger partial charge in [0, 0.05) is 31.7 Å². The molecular weight excluding hydrogens is 388 g/mol. The molecule has 148 valence electrons. The lowest BCUT2D eigenvalue weighted by Crippen LogP contribution is -2.54. The zero-order valence-corrected chi connectivity index (χ0v) is 16.8. The second kappa shape index (κ2) is 8.49. The van der Waals surface area contributed by atoms with Gasteiger partial charge in [0.1, 0.15) is 17.9 Å². The van der Waals surface area contributed by atoms with Crippen LogP contribution in [0.15, 0.2) is 67.0 Å². The monoisotopic (exact) mass is 408 g/mol. The van der Waals surface area contributed by atoms with Crippen molar-refractivity contribution in [3.05, 3.63) is 77.6 Å². The number of nitrogens with zero attached hydrogens (tertiary/aromatic N) is 4. The van der Waals surface area contributed by atoms with Crippen LogP contribution in [0.4, 0.5) is 5.82 Å². The first kappa shape index (κ1) is 19.2. The van der Waals surface area contributed by atoms with Crippen LogP contribution in [0.2, 0.25) is 5.02 Å². The average molecular weight is 409 g/mol. The van der Waals surface area contributed by atoms with E-state index in [2.05, 4.69) is 14.9 Å². The fourth-order valence-corrected chi connectivity index (χ4v) is 3.64. The fraction of sp³-hybridized carbons (Fsp3) is 0.227. The Morgan fingerprint density at radius 3 is 2.59 bits per heavy atom. The van der Waals surface area contributed by atoms with Gasteiger partial charge in [0.05, 0.1) is 10.6 Å². The molecule has 0 radical (unpaired) electrons. The molecule has 0 bridgehead atoms. The van der Waals surface area contributed by atoms with E-state index < -0.39 is 0 Å². The molecule has 0 saturated carbocycles. The molecule has 7 heteroatoms. The third kappa shape index (κ3) is 4.32. The number of hydrogen-bond acceptors (Lipinski definition) is 5. The van der Waals surface area contributed by atoms with E-state index in [4.69, 9.17) is 16.3 Å². The number of hydrogen-bond donors (Lipinski definition) is 0. The quantitative estimate of drug-likeness (QED) is 0.645. The Labute approximate surface area is 174 Å². The lowest BCUT2D eigenvalue weighted by Gasteiger charge is -2.40. The number of para-hydroxylation sites is 1. The average Bonchev–Trinajstić information content (AvgIpc) is 2.74. The summed E-state index contributed by atoms with van der Waals surface area (Å²) >= 11 is 6.21. The zero-order valence-electron chi connectivity index (χ0n) is 16.0. The predicted molar refractivity (Wildman–Crippen MR) is 113 cm³/mol. The molecule has 1 aromatic heterocycles. The fourth-order valence-electron chi connectivity index (χ4n) is 3.42. The van der Waals surface area contributed by atoms with E-state index in [1.807, 2.05) is 60.4 Å². The number of carbonyl (C=O) groups is 1. The minimum absolute atomic E-state index is 0.0148. The summed E-state index contributed by atoms with van der Waals surface area (Å²) in [4.78, 5) is 25.5. The van der Waals surface area contributed by atoms with E-state index in [9.17, 15) is 4.79 Å². The lowest BCUT2D eigenvalue weighted by molar-refractivity contribution is 0.0674. The van der Waals surface area contributed by atoms with Gasteiger partial charge in [-0.1, -0.05) is 41.9 Å². The van der Waals surface area contributed by atoms with E-state index in [0.717, 1.165) is 11.6 Å². The summed E-state index contributed by atoms with van der Waals surface area (Å²) in [7, 11) is 0. The van der Waals surface area contributed by atoms with Crippen LogP contribution >= 0.6 is 11.6 Å². The number of ether oxygens (including phenoxy) is 1. The third-order valence-corrected chi connectivity index (χ3v) is 5.24. The molecule has 1 unspecified atom stereocenters. The first-order valence-electron chi connectivity index (χ1n) is 9.47. The van der Waals surface area contributed by atoms with Crippen molar-refractivity contribution in [3.63, 3.8) is 0 Å². The molecule has 1 aliphatic heterocycles. The molecule has 29 heavy (non-hydrogen) atoms. The maximum Gasteiger partial charge on any atom is 0.255 e. The molecule has 1 aliphatic rings. The predicted octanol–water partition coefficient (Wildman–Crippen LogP) is 4.27. The Morgan fingerprint density at radius 2 is 1.83 bits per heavy atom.